The number of ether oxygens (including phenoxy) is 1. The minimum Gasteiger partial charge on any atom is -0.378 e. The van der Waals surface area contributed by atoms with Gasteiger partial charge in [0.05, 0.1) is 13.2 Å². The van der Waals surface area contributed by atoms with E-state index in [0.29, 0.717) is 50.0 Å². The minimum absolute atomic E-state index is 0. The van der Waals surface area contributed by atoms with Crippen LogP contribution in [0.2, 0.25) is 0 Å². The van der Waals surface area contributed by atoms with E-state index in [2.05, 4.69) is 10.6 Å². The highest BCUT2D eigenvalue weighted by molar-refractivity contribution is 7.91. The van der Waals surface area contributed by atoms with Crippen LogP contribution in [0, 0.1) is 0 Å². The quantitative estimate of drug-likeness (QED) is 0.662. The van der Waals surface area contributed by atoms with Crippen LogP contribution in [-0.2, 0) is 26.0 Å². The summed E-state index contributed by atoms with van der Waals surface area (Å²) in [6.45, 7) is 6.73. The summed E-state index contributed by atoms with van der Waals surface area (Å²) in [4.78, 5) is 12.9. The second kappa shape index (κ2) is 10.4. The van der Waals surface area contributed by atoms with E-state index >= 15 is 0 Å². The van der Waals surface area contributed by atoms with E-state index in [4.69, 9.17) is 4.74 Å². The summed E-state index contributed by atoms with van der Waals surface area (Å²) in [5, 5.41) is 5.96. The van der Waals surface area contributed by atoms with Crippen LogP contribution < -0.4 is 10.6 Å². The molecule has 0 bridgehead atoms. The predicted molar refractivity (Wildman–Crippen MR) is 101 cm³/mol. The van der Waals surface area contributed by atoms with Crippen molar-refractivity contribution in [2.75, 3.05) is 39.4 Å². The number of nitrogens with one attached hydrogen (secondary N) is 2. The molecule has 0 aliphatic carbocycles. The monoisotopic (exact) mass is 411 g/mol. The summed E-state index contributed by atoms with van der Waals surface area (Å²) in [6.07, 6.45) is 0.609. The molecule has 1 unspecified atom stereocenters. The van der Waals surface area contributed by atoms with Gasteiger partial charge in [-0.3, -0.25) is 4.79 Å². The third kappa shape index (κ3) is 5.90. The largest absolute Gasteiger partial charge is 0.378 e. The normalized spacial score (nSPS) is 18.0. The average molecular weight is 412 g/mol. The predicted octanol–water partition coefficient (Wildman–Crippen LogP) is 0.848. The molecule has 1 fully saturated rings. The summed E-state index contributed by atoms with van der Waals surface area (Å²) in [5.41, 5.74) is 0. The van der Waals surface area contributed by atoms with Gasteiger partial charge in [-0.1, -0.05) is 13.8 Å². The maximum Gasteiger partial charge on any atom is 0.252 e. The Morgan fingerprint density at radius 1 is 1.40 bits per heavy atom. The Morgan fingerprint density at radius 2 is 2.12 bits per heavy atom. The van der Waals surface area contributed by atoms with Gasteiger partial charge >= 0.3 is 0 Å². The Labute approximate surface area is 159 Å². The molecule has 2 heterocycles. The number of thiophene rings is 1. The lowest BCUT2D eigenvalue weighted by molar-refractivity contribution is -0.125. The smallest absolute Gasteiger partial charge is 0.252 e. The number of sulfonamides is 1. The van der Waals surface area contributed by atoms with Crippen LogP contribution in [0.15, 0.2) is 16.3 Å². The Balaban J connectivity index is 0.00000312. The van der Waals surface area contributed by atoms with Crippen molar-refractivity contribution in [1.29, 1.82) is 0 Å². The van der Waals surface area contributed by atoms with E-state index in [-0.39, 0.29) is 24.4 Å². The maximum absolute atomic E-state index is 12.4. The van der Waals surface area contributed by atoms with E-state index in [1.165, 1.54) is 15.6 Å². The number of halogens is 1. The van der Waals surface area contributed by atoms with Gasteiger partial charge < -0.3 is 15.4 Å². The van der Waals surface area contributed by atoms with Crippen molar-refractivity contribution in [2.45, 2.75) is 30.5 Å². The number of hydrogen-bond acceptors (Lipinski definition) is 6. The lowest BCUT2D eigenvalue weighted by Gasteiger charge is -2.22. The number of carbonyl (C=O) groups excluding carboxylic acids is 1. The van der Waals surface area contributed by atoms with Crippen molar-refractivity contribution >= 4 is 39.7 Å². The first-order valence-electron chi connectivity index (χ1n) is 8.16. The molecule has 0 aromatic carbocycles. The minimum atomic E-state index is -3.40. The summed E-state index contributed by atoms with van der Waals surface area (Å²) in [7, 11) is -3.40. The molecule has 144 valence electrons. The highest BCUT2D eigenvalue weighted by atomic mass is 35.5. The van der Waals surface area contributed by atoms with Gasteiger partial charge in [-0.25, -0.2) is 8.42 Å². The molecular weight excluding hydrogens is 386 g/mol. The fourth-order valence-electron chi connectivity index (χ4n) is 2.49. The zero-order valence-corrected chi connectivity index (χ0v) is 16.9. The molecule has 1 aliphatic rings. The Bertz CT molecular complexity index is 641. The van der Waals surface area contributed by atoms with E-state index in [9.17, 15) is 13.2 Å². The summed E-state index contributed by atoms with van der Waals surface area (Å²) in [6, 6.07) is 3.15. The molecule has 1 saturated heterocycles. The molecule has 25 heavy (non-hydrogen) atoms. The highest BCUT2D eigenvalue weighted by Gasteiger charge is 2.24. The second-order valence-electron chi connectivity index (χ2n) is 5.43. The van der Waals surface area contributed by atoms with Gasteiger partial charge in [-0.05, 0) is 18.6 Å². The van der Waals surface area contributed by atoms with Crippen molar-refractivity contribution in [3.05, 3.63) is 17.0 Å². The number of hydrogen-bond donors (Lipinski definition) is 2. The molecule has 2 N–H and O–H groups in total. The van der Waals surface area contributed by atoms with Crippen molar-refractivity contribution in [2.24, 2.45) is 0 Å². The average Bonchev–Trinajstić information content (AvgIpc) is 3.06. The highest BCUT2D eigenvalue weighted by Crippen LogP contribution is 2.25. The first-order valence-corrected chi connectivity index (χ1v) is 10.4. The van der Waals surface area contributed by atoms with Crippen molar-refractivity contribution in [3.8, 4) is 0 Å². The van der Waals surface area contributed by atoms with Crippen molar-refractivity contribution in [1.82, 2.24) is 14.9 Å². The molecule has 0 radical (unpaired) electrons. The Morgan fingerprint density at radius 3 is 2.72 bits per heavy atom. The molecule has 2 rings (SSSR count). The fourth-order valence-corrected chi connectivity index (χ4v) is 5.46. The third-order valence-electron chi connectivity index (χ3n) is 3.85. The zero-order valence-electron chi connectivity index (χ0n) is 14.5. The third-order valence-corrected chi connectivity index (χ3v) is 7.51. The van der Waals surface area contributed by atoms with Gasteiger partial charge in [-0.15, -0.1) is 23.7 Å². The first kappa shape index (κ1) is 22.3. The fraction of sp³-hybridized carbons (Fsp3) is 0.667. The first-order chi connectivity index (χ1) is 11.5. The molecule has 1 aromatic heterocycles. The van der Waals surface area contributed by atoms with Crippen molar-refractivity contribution in [3.63, 3.8) is 0 Å². The maximum atomic E-state index is 12.4. The lowest BCUT2D eigenvalue weighted by atomic mass is 10.2. The zero-order chi connectivity index (χ0) is 17.6. The molecule has 1 atom stereocenters. The number of amides is 1. The number of morpholine rings is 1. The topological polar surface area (TPSA) is 87.7 Å². The van der Waals surface area contributed by atoms with Crippen LogP contribution in [0.5, 0.6) is 0 Å². The molecule has 7 nitrogen and oxygen atoms in total. The Hall–Kier alpha value is -0.710. The van der Waals surface area contributed by atoms with E-state index in [0.717, 1.165) is 4.88 Å². The molecular formula is C15H26ClN3O4S2. The van der Waals surface area contributed by atoms with Gasteiger partial charge in [0.2, 0.25) is 5.91 Å². The number of carbonyl (C=O) groups is 1. The Kier molecular flexibility index (Phi) is 9.33. The molecule has 1 aliphatic heterocycles. The van der Waals surface area contributed by atoms with E-state index in [1.54, 1.807) is 6.07 Å². The van der Waals surface area contributed by atoms with Gasteiger partial charge in [0.15, 0.2) is 0 Å². The molecule has 0 saturated carbocycles. The standard InChI is InChI=1S/C15H25N3O4S2.ClH/c1-3-18(4-2)24(20,21)14-6-5-12(23-14)7-8-17-15(19)13-11-22-10-9-16-13;/h5-6,13,16H,3-4,7-11H2,1-2H3,(H,17,19);1H. The molecule has 10 heteroatoms. The number of nitrogens with zero attached hydrogens (tertiary/aromatic N) is 1. The van der Waals surface area contributed by atoms with Crippen LogP contribution in [0.4, 0.5) is 0 Å². The van der Waals surface area contributed by atoms with Crippen LogP contribution >= 0.6 is 23.7 Å². The molecule has 1 aromatic rings. The van der Waals surface area contributed by atoms with E-state index < -0.39 is 10.0 Å². The summed E-state index contributed by atoms with van der Waals surface area (Å²) in [5.74, 6) is -0.0813. The van der Waals surface area contributed by atoms with Crippen LogP contribution in [-0.4, -0.2) is 64.1 Å². The van der Waals surface area contributed by atoms with Crippen LogP contribution in [0.3, 0.4) is 0 Å². The van der Waals surface area contributed by atoms with Crippen LogP contribution in [0.25, 0.3) is 0 Å². The van der Waals surface area contributed by atoms with Gasteiger partial charge in [-0.2, -0.15) is 4.31 Å². The van der Waals surface area contributed by atoms with Gasteiger partial charge in [0.1, 0.15) is 10.3 Å². The second-order valence-corrected chi connectivity index (χ2v) is 8.77. The van der Waals surface area contributed by atoms with Gasteiger partial charge in [0, 0.05) is 31.1 Å². The van der Waals surface area contributed by atoms with Crippen molar-refractivity contribution < 1.29 is 17.9 Å². The SMILES string of the molecule is CCN(CC)S(=O)(=O)c1ccc(CCNC(=O)C2COCCN2)s1.Cl. The summed E-state index contributed by atoms with van der Waals surface area (Å²) < 4.78 is 31.9. The van der Waals surface area contributed by atoms with Crippen LogP contribution in [0.1, 0.15) is 18.7 Å². The number of rotatable bonds is 8. The lowest BCUT2D eigenvalue weighted by Crippen LogP contribution is -2.51. The molecule has 1 amide bonds. The molecule has 0 spiro atoms. The summed E-state index contributed by atoms with van der Waals surface area (Å²) >= 11 is 1.26. The van der Waals surface area contributed by atoms with Gasteiger partial charge in [0.25, 0.3) is 10.0 Å². The van der Waals surface area contributed by atoms with E-state index in [1.807, 2.05) is 19.9 Å².